The normalized spacial score (nSPS) is 28.8. The number of nitrogens with zero attached hydrogens (tertiary/aromatic N) is 1. The van der Waals surface area contributed by atoms with E-state index in [1.165, 1.54) is 0 Å². The number of benzene rings is 1. The third kappa shape index (κ3) is 3.80. The van der Waals surface area contributed by atoms with E-state index in [1.54, 1.807) is 0 Å². The first kappa shape index (κ1) is 15.0. The van der Waals surface area contributed by atoms with Gasteiger partial charge in [0.15, 0.2) is 11.4 Å². The van der Waals surface area contributed by atoms with E-state index in [1.807, 2.05) is 51.1 Å². The Morgan fingerprint density at radius 3 is 2.65 bits per heavy atom. The van der Waals surface area contributed by atoms with Crippen LogP contribution in [0.1, 0.15) is 32.8 Å². The molecule has 1 aliphatic rings. The lowest BCUT2D eigenvalue weighted by Crippen LogP contribution is -2.53. The van der Waals surface area contributed by atoms with Crippen molar-refractivity contribution in [3.63, 3.8) is 0 Å². The number of hydrogen-bond acceptors (Lipinski definition) is 4. The third-order valence-corrected chi connectivity index (χ3v) is 3.19. The molecule has 0 radical (unpaired) electrons. The van der Waals surface area contributed by atoms with Crippen LogP contribution in [0.15, 0.2) is 30.3 Å². The summed E-state index contributed by atoms with van der Waals surface area (Å²) in [5, 5.41) is 9.48. The predicted octanol–water partition coefficient (Wildman–Crippen LogP) is 3.03. The first-order chi connectivity index (χ1) is 9.45. The molecule has 0 N–H and O–H groups in total. The van der Waals surface area contributed by atoms with Gasteiger partial charge in [-0.05, 0) is 26.3 Å². The summed E-state index contributed by atoms with van der Waals surface area (Å²) in [6.07, 6.45) is 0.487. The lowest BCUT2D eigenvalue weighted by atomic mass is 9.96. The average Bonchev–Trinajstić information content (AvgIpc) is 2.37. The van der Waals surface area contributed by atoms with Crippen molar-refractivity contribution in [3.05, 3.63) is 35.9 Å². The van der Waals surface area contributed by atoms with Gasteiger partial charge < -0.3 is 14.2 Å². The molecule has 0 unspecified atom stereocenters. The first-order valence-electron chi connectivity index (χ1n) is 6.86. The van der Waals surface area contributed by atoms with Crippen molar-refractivity contribution < 1.29 is 14.2 Å². The van der Waals surface area contributed by atoms with Crippen molar-refractivity contribution in [1.29, 1.82) is 5.26 Å². The van der Waals surface area contributed by atoms with Gasteiger partial charge in [0.1, 0.15) is 6.07 Å². The second-order valence-corrected chi connectivity index (χ2v) is 5.72. The summed E-state index contributed by atoms with van der Waals surface area (Å²) in [6, 6.07) is 12.2. The van der Waals surface area contributed by atoms with Gasteiger partial charge in [-0.2, -0.15) is 5.26 Å². The maximum Gasteiger partial charge on any atom is 0.183 e. The first-order valence-corrected chi connectivity index (χ1v) is 6.86. The second kappa shape index (κ2) is 5.92. The lowest BCUT2D eigenvalue weighted by Gasteiger charge is -2.43. The van der Waals surface area contributed by atoms with Crippen LogP contribution >= 0.6 is 0 Å². The summed E-state index contributed by atoms with van der Waals surface area (Å²) < 4.78 is 17.2. The average molecular weight is 275 g/mol. The Balaban J connectivity index is 1.96. The summed E-state index contributed by atoms with van der Waals surface area (Å²) in [7, 11) is 0. The van der Waals surface area contributed by atoms with Crippen molar-refractivity contribution in [2.45, 2.75) is 51.3 Å². The molecule has 0 aromatic heterocycles. The zero-order valence-corrected chi connectivity index (χ0v) is 12.3. The van der Waals surface area contributed by atoms with Gasteiger partial charge in [0.05, 0.1) is 19.3 Å². The molecular formula is C16H21NO3. The Morgan fingerprint density at radius 1 is 1.35 bits per heavy atom. The molecule has 2 atom stereocenters. The minimum atomic E-state index is -0.935. The van der Waals surface area contributed by atoms with Crippen LogP contribution in [0.5, 0.6) is 0 Å². The fourth-order valence-electron chi connectivity index (χ4n) is 2.62. The molecule has 20 heavy (non-hydrogen) atoms. The number of nitriles is 1. The molecule has 0 aliphatic carbocycles. The van der Waals surface area contributed by atoms with Crippen molar-refractivity contribution >= 4 is 0 Å². The topological polar surface area (TPSA) is 51.5 Å². The summed E-state index contributed by atoms with van der Waals surface area (Å²) in [4.78, 5) is 0. The van der Waals surface area contributed by atoms with Gasteiger partial charge in [-0.3, -0.25) is 0 Å². The Kier molecular flexibility index (Phi) is 4.44. The Morgan fingerprint density at radius 2 is 2.05 bits per heavy atom. The van der Waals surface area contributed by atoms with Gasteiger partial charge in [0.2, 0.25) is 0 Å². The monoisotopic (exact) mass is 275 g/mol. The fraction of sp³-hybridized carbons (Fsp3) is 0.562. The smallest absolute Gasteiger partial charge is 0.183 e. The summed E-state index contributed by atoms with van der Waals surface area (Å²) in [5.74, 6) is -0.760. The molecule has 2 rings (SSSR count). The second-order valence-electron chi connectivity index (χ2n) is 5.72. The van der Waals surface area contributed by atoms with Gasteiger partial charge in [-0.25, -0.2) is 0 Å². The van der Waals surface area contributed by atoms with Crippen molar-refractivity contribution in [1.82, 2.24) is 0 Å². The highest BCUT2D eigenvalue weighted by molar-refractivity contribution is 5.13. The molecule has 0 bridgehead atoms. The maximum atomic E-state index is 9.48. The molecule has 0 saturated carbocycles. The van der Waals surface area contributed by atoms with E-state index in [0.29, 0.717) is 13.0 Å². The highest BCUT2D eigenvalue weighted by atomic mass is 16.7. The van der Waals surface area contributed by atoms with Crippen molar-refractivity contribution in [2.24, 2.45) is 0 Å². The van der Waals surface area contributed by atoms with E-state index >= 15 is 0 Å². The van der Waals surface area contributed by atoms with Crippen LogP contribution in [-0.4, -0.2) is 24.1 Å². The zero-order valence-electron chi connectivity index (χ0n) is 12.3. The van der Waals surface area contributed by atoms with Gasteiger partial charge in [-0.15, -0.1) is 0 Å². The van der Waals surface area contributed by atoms with Crippen molar-refractivity contribution in [3.8, 4) is 6.07 Å². The van der Waals surface area contributed by atoms with Gasteiger partial charge in [-0.1, -0.05) is 30.3 Å². The van der Waals surface area contributed by atoms with E-state index in [-0.39, 0.29) is 12.7 Å². The lowest BCUT2D eigenvalue weighted by molar-refractivity contribution is -0.323. The van der Waals surface area contributed by atoms with Crippen molar-refractivity contribution in [2.75, 3.05) is 6.61 Å². The van der Waals surface area contributed by atoms with E-state index in [0.717, 1.165) is 5.56 Å². The predicted molar refractivity (Wildman–Crippen MR) is 74.8 cm³/mol. The maximum absolute atomic E-state index is 9.48. The standard InChI is InChI=1S/C16H21NO3/c1-13-9-16(11-17,20-15(2,3)19-13)12-18-10-14-7-5-4-6-8-14/h4-8,13H,9-10,12H2,1-3H3/t13-,16+/m0/s1. The van der Waals surface area contributed by atoms with Crippen LogP contribution < -0.4 is 0 Å². The molecule has 1 aliphatic heterocycles. The Hall–Kier alpha value is -1.41. The highest BCUT2D eigenvalue weighted by Gasteiger charge is 2.45. The SMILES string of the molecule is C[C@H]1C[C@@](C#N)(COCc2ccccc2)OC(C)(C)O1. The molecule has 1 heterocycles. The third-order valence-electron chi connectivity index (χ3n) is 3.19. The van der Waals surface area contributed by atoms with E-state index in [4.69, 9.17) is 14.2 Å². The van der Waals surface area contributed by atoms with E-state index in [9.17, 15) is 5.26 Å². The van der Waals surface area contributed by atoms with Crippen LogP contribution in [0, 0.1) is 11.3 Å². The van der Waals surface area contributed by atoms with Crippen LogP contribution in [0.4, 0.5) is 0 Å². The minimum absolute atomic E-state index is 0.0290. The quantitative estimate of drug-likeness (QED) is 0.847. The summed E-state index contributed by atoms with van der Waals surface area (Å²) >= 11 is 0. The minimum Gasteiger partial charge on any atom is -0.373 e. The van der Waals surface area contributed by atoms with Gasteiger partial charge in [0.25, 0.3) is 0 Å². The van der Waals surface area contributed by atoms with Crippen LogP contribution in [-0.2, 0) is 20.8 Å². The number of hydrogen-bond donors (Lipinski definition) is 0. The molecule has 1 fully saturated rings. The Labute approximate surface area is 120 Å². The van der Waals surface area contributed by atoms with Gasteiger partial charge in [0, 0.05) is 6.42 Å². The number of ether oxygens (including phenoxy) is 3. The van der Waals surface area contributed by atoms with E-state index < -0.39 is 11.4 Å². The fourth-order valence-corrected chi connectivity index (χ4v) is 2.62. The number of rotatable bonds is 4. The summed E-state index contributed by atoms with van der Waals surface area (Å²) in [5.41, 5.74) is 0.149. The molecule has 0 amide bonds. The summed E-state index contributed by atoms with van der Waals surface area (Å²) in [6.45, 7) is 6.32. The highest BCUT2D eigenvalue weighted by Crippen LogP contribution is 2.34. The zero-order chi connectivity index (χ0) is 14.6. The Bertz CT molecular complexity index is 480. The molecule has 1 aromatic rings. The van der Waals surface area contributed by atoms with Crippen LogP contribution in [0.3, 0.4) is 0 Å². The van der Waals surface area contributed by atoms with E-state index in [2.05, 4.69) is 6.07 Å². The molecule has 1 aromatic carbocycles. The van der Waals surface area contributed by atoms with Crippen LogP contribution in [0.2, 0.25) is 0 Å². The van der Waals surface area contributed by atoms with Crippen LogP contribution in [0.25, 0.3) is 0 Å². The molecule has 108 valence electrons. The molecular weight excluding hydrogens is 254 g/mol. The molecule has 1 saturated heterocycles. The largest absolute Gasteiger partial charge is 0.373 e. The molecule has 4 nitrogen and oxygen atoms in total. The molecule has 4 heteroatoms. The van der Waals surface area contributed by atoms with Gasteiger partial charge >= 0.3 is 0 Å². The molecule has 0 spiro atoms.